The number of benzene rings is 2. The summed E-state index contributed by atoms with van der Waals surface area (Å²) in [5, 5.41) is 3.03. The van der Waals surface area contributed by atoms with E-state index in [1.165, 1.54) is 31.5 Å². The molecule has 0 radical (unpaired) electrons. The molecule has 31 heavy (non-hydrogen) atoms. The number of carbonyl (C=O) groups excluding carboxylic acids is 2. The number of carbonyl (C=O) groups is 2. The first-order valence-corrected chi connectivity index (χ1v) is 11.5. The number of amides is 2. The van der Waals surface area contributed by atoms with Gasteiger partial charge in [0, 0.05) is 37.3 Å². The fourth-order valence-corrected chi connectivity index (χ4v) is 4.52. The largest absolute Gasteiger partial charge is 0.348 e. The summed E-state index contributed by atoms with van der Waals surface area (Å²) in [5.74, 6) is 0.912. The summed E-state index contributed by atoms with van der Waals surface area (Å²) in [6, 6.07) is 14.2. The van der Waals surface area contributed by atoms with Crippen molar-refractivity contribution < 1.29 is 9.59 Å². The number of piperidine rings is 1. The number of likely N-dealkylation sites (tertiary alicyclic amines) is 1. The van der Waals surface area contributed by atoms with Crippen LogP contribution >= 0.6 is 0 Å². The molecule has 2 aliphatic rings. The molecule has 5 nitrogen and oxygen atoms in total. The number of anilines is 1. The lowest BCUT2D eigenvalue weighted by Crippen LogP contribution is -2.32. The van der Waals surface area contributed by atoms with E-state index in [0.29, 0.717) is 25.1 Å². The Balaban J connectivity index is 1.30. The van der Waals surface area contributed by atoms with E-state index in [4.69, 9.17) is 0 Å². The minimum absolute atomic E-state index is 0.0745. The molecular formula is C26H33N3O2. The van der Waals surface area contributed by atoms with Gasteiger partial charge in [-0.15, -0.1) is 0 Å². The molecule has 0 bridgehead atoms. The third-order valence-electron chi connectivity index (χ3n) is 6.60. The molecule has 2 aliphatic heterocycles. The summed E-state index contributed by atoms with van der Waals surface area (Å²) in [6.07, 6.45) is 3.89. The summed E-state index contributed by atoms with van der Waals surface area (Å²) < 4.78 is 0. The van der Waals surface area contributed by atoms with Gasteiger partial charge in [-0.1, -0.05) is 38.1 Å². The minimum atomic E-state index is -0.0745. The predicted octanol–water partition coefficient (Wildman–Crippen LogP) is 4.15. The highest BCUT2D eigenvalue weighted by Gasteiger charge is 2.24. The van der Waals surface area contributed by atoms with Crippen LogP contribution in [0.3, 0.4) is 0 Å². The number of fused-ring (bicyclic) bond motifs is 1. The van der Waals surface area contributed by atoms with Crippen LogP contribution in [0.1, 0.15) is 60.2 Å². The Kier molecular flexibility index (Phi) is 6.71. The van der Waals surface area contributed by atoms with Crippen LogP contribution in [-0.2, 0) is 24.3 Å². The molecule has 0 unspecified atom stereocenters. The van der Waals surface area contributed by atoms with Crippen LogP contribution in [0.4, 0.5) is 5.69 Å². The van der Waals surface area contributed by atoms with Crippen LogP contribution < -0.4 is 10.2 Å². The van der Waals surface area contributed by atoms with Crippen molar-refractivity contribution in [2.75, 3.05) is 24.5 Å². The fourth-order valence-electron chi connectivity index (χ4n) is 4.52. The van der Waals surface area contributed by atoms with Gasteiger partial charge in [0.2, 0.25) is 5.91 Å². The van der Waals surface area contributed by atoms with Crippen molar-refractivity contribution in [3.63, 3.8) is 0 Å². The Morgan fingerprint density at radius 1 is 1.00 bits per heavy atom. The third-order valence-corrected chi connectivity index (χ3v) is 6.60. The van der Waals surface area contributed by atoms with Gasteiger partial charge in [-0.2, -0.15) is 0 Å². The van der Waals surface area contributed by atoms with E-state index in [1.807, 2.05) is 30.0 Å². The number of nitrogens with zero attached hydrogens (tertiary/aromatic N) is 2. The van der Waals surface area contributed by atoms with Crippen molar-refractivity contribution in [2.45, 2.75) is 52.6 Å². The van der Waals surface area contributed by atoms with Crippen LogP contribution in [0.5, 0.6) is 0 Å². The molecule has 1 saturated heterocycles. The van der Waals surface area contributed by atoms with Crippen molar-refractivity contribution in [3.8, 4) is 0 Å². The average Bonchev–Trinajstić information content (AvgIpc) is 3.22. The maximum atomic E-state index is 12.6. The molecule has 164 valence electrons. The molecule has 2 heterocycles. The lowest BCUT2D eigenvalue weighted by molar-refractivity contribution is -0.118. The fraction of sp³-hybridized carbons (Fsp3) is 0.462. The normalized spacial score (nSPS) is 16.9. The van der Waals surface area contributed by atoms with E-state index in [1.54, 1.807) is 0 Å². The van der Waals surface area contributed by atoms with Crippen LogP contribution in [0, 0.1) is 5.92 Å². The van der Waals surface area contributed by atoms with Crippen molar-refractivity contribution in [3.05, 3.63) is 64.7 Å². The second-order valence-electron chi connectivity index (χ2n) is 8.95. The quantitative estimate of drug-likeness (QED) is 0.765. The zero-order chi connectivity index (χ0) is 21.8. The van der Waals surface area contributed by atoms with Crippen LogP contribution in [0.2, 0.25) is 0 Å². The van der Waals surface area contributed by atoms with Crippen molar-refractivity contribution >= 4 is 17.5 Å². The van der Waals surface area contributed by atoms with E-state index in [2.05, 4.69) is 41.4 Å². The van der Waals surface area contributed by atoms with Crippen LogP contribution in [-0.4, -0.2) is 36.3 Å². The smallest absolute Gasteiger partial charge is 0.251 e. The number of nitrogens with one attached hydrogen (secondary N) is 1. The van der Waals surface area contributed by atoms with E-state index >= 15 is 0 Å². The average molecular weight is 420 g/mol. The van der Waals surface area contributed by atoms with Gasteiger partial charge in [0.25, 0.3) is 5.91 Å². The Hall–Kier alpha value is -2.66. The van der Waals surface area contributed by atoms with Gasteiger partial charge in [-0.3, -0.25) is 14.5 Å². The highest BCUT2D eigenvalue weighted by Crippen LogP contribution is 2.29. The molecule has 4 rings (SSSR count). The first-order chi connectivity index (χ1) is 15.0. The maximum Gasteiger partial charge on any atom is 0.251 e. The van der Waals surface area contributed by atoms with Crippen molar-refractivity contribution in [1.82, 2.24) is 10.2 Å². The summed E-state index contributed by atoms with van der Waals surface area (Å²) in [6.45, 7) is 8.81. The second-order valence-corrected chi connectivity index (χ2v) is 8.95. The molecule has 2 amide bonds. The SMILES string of the molecule is CCC(=O)N1CCc2cc(C(=O)NCc3ccc(CN4CCC(C)CC4)cc3)ccc21. The first-order valence-electron chi connectivity index (χ1n) is 11.5. The third kappa shape index (κ3) is 5.16. The number of hydrogen-bond donors (Lipinski definition) is 1. The predicted molar refractivity (Wildman–Crippen MR) is 124 cm³/mol. The standard InChI is InChI=1S/C26H33N3O2/c1-3-25(30)29-15-12-22-16-23(8-9-24(22)29)26(31)27-17-20-4-6-21(7-5-20)18-28-13-10-19(2)11-14-28/h4-9,16,19H,3,10-15,17-18H2,1-2H3,(H,27,31). The van der Waals surface area contributed by atoms with E-state index in [-0.39, 0.29) is 11.8 Å². The second kappa shape index (κ2) is 9.65. The van der Waals surface area contributed by atoms with Crippen LogP contribution in [0.15, 0.2) is 42.5 Å². The molecule has 0 aliphatic carbocycles. The molecule has 5 heteroatoms. The van der Waals surface area contributed by atoms with Crippen LogP contribution in [0.25, 0.3) is 0 Å². The topological polar surface area (TPSA) is 52.7 Å². The Bertz CT molecular complexity index is 930. The van der Waals surface area contributed by atoms with E-state index in [0.717, 1.165) is 35.7 Å². The van der Waals surface area contributed by atoms with Gasteiger partial charge < -0.3 is 10.2 Å². The van der Waals surface area contributed by atoms with Gasteiger partial charge in [-0.05, 0) is 73.2 Å². The van der Waals surface area contributed by atoms with E-state index < -0.39 is 0 Å². The van der Waals surface area contributed by atoms with Gasteiger partial charge in [0.05, 0.1) is 0 Å². The van der Waals surface area contributed by atoms with Gasteiger partial charge in [-0.25, -0.2) is 0 Å². The number of rotatable bonds is 6. The molecule has 0 spiro atoms. The summed E-state index contributed by atoms with van der Waals surface area (Å²) >= 11 is 0. The molecule has 2 aromatic rings. The van der Waals surface area contributed by atoms with E-state index in [9.17, 15) is 9.59 Å². The summed E-state index contributed by atoms with van der Waals surface area (Å²) in [5.41, 5.74) is 5.10. The minimum Gasteiger partial charge on any atom is -0.348 e. The molecule has 0 aromatic heterocycles. The van der Waals surface area contributed by atoms with Gasteiger partial charge in [0.1, 0.15) is 0 Å². The monoisotopic (exact) mass is 419 g/mol. The highest BCUT2D eigenvalue weighted by molar-refractivity contribution is 5.98. The van der Waals surface area contributed by atoms with Gasteiger partial charge >= 0.3 is 0 Å². The zero-order valence-electron chi connectivity index (χ0n) is 18.7. The molecular weight excluding hydrogens is 386 g/mol. The lowest BCUT2D eigenvalue weighted by atomic mass is 9.99. The zero-order valence-corrected chi connectivity index (χ0v) is 18.7. The first kappa shape index (κ1) is 21.6. The number of hydrogen-bond acceptors (Lipinski definition) is 3. The highest BCUT2D eigenvalue weighted by atomic mass is 16.2. The molecule has 0 saturated carbocycles. The Labute approximate surface area is 185 Å². The lowest BCUT2D eigenvalue weighted by Gasteiger charge is -2.30. The van der Waals surface area contributed by atoms with Gasteiger partial charge in [0.15, 0.2) is 0 Å². The van der Waals surface area contributed by atoms with Crippen molar-refractivity contribution in [2.24, 2.45) is 5.92 Å². The Morgan fingerprint density at radius 3 is 2.42 bits per heavy atom. The molecule has 1 fully saturated rings. The molecule has 0 atom stereocenters. The molecule has 1 N–H and O–H groups in total. The van der Waals surface area contributed by atoms with Crippen molar-refractivity contribution in [1.29, 1.82) is 0 Å². The summed E-state index contributed by atoms with van der Waals surface area (Å²) in [4.78, 5) is 29.0. The Morgan fingerprint density at radius 2 is 1.71 bits per heavy atom. The maximum absolute atomic E-state index is 12.6. The summed E-state index contributed by atoms with van der Waals surface area (Å²) in [7, 11) is 0. The molecule has 2 aromatic carbocycles.